The normalized spacial score (nSPS) is 12.5. The fourth-order valence-corrected chi connectivity index (χ4v) is 12.7. The molecule has 0 aliphatic heterocycles. The molecule has 0 saturated heterocycles. The Morgan fingerprint density at radius 2 is 0.978 bits per heavy atom. The van der Waals surface area contributed by atoms with Crippen molar-refractivity contribution >= 4 is 156 Å². The van der Waals surface area contributed by atoms with Gasteiger partial charge in [-0.25, -0.2) is 4.98 Å². The van der Waals surface area contributed by atoms with Crippen LogP contribution in [-0.2, 0) is 60.7 Å². The summed E-state index contributed by atoms with van der Waals surface area (Å²) >= 11 is 0.647. The number of nitrogens with two attached hydrogens (primary N) is 1. The van der Waals surface area contributed by atoms with Crippen molar-refractivity contribution in [2.75, 3.05) is 27.0 Å². The number of fused-ring (bicyclic) bond motifs is 1. The van der Waals surface area contributed by atoms with Crippen molar-refractivity contribution in [3.63, 3.8) is 0 Å². The van der Waals surface area contributed by atoms with Crippen LogP contribution in [0, 0.1) is 29.6 Å². The average Bonchev–Trinajstić information content (AvgIpc) is 1.53. The number of thiophene rings is 1. The Morgan fingerprint density at radius 3 is 1.52 bits per heavy atom. The van der Waals surface area contributed by atoms with Crippen molar-refractivity contribution in [1.82, 2.24) is 19.9 Å². The second-order valence-electron chi connectivity index (χ2n) is 18.0. The maximum atomic E-state index is 12.7. The van der Waals surface area contributed by atoms with Gasteiger partial charge in [-0.3, -0.25) is 27.3 Å². The summed E-state index contributed by atoms with van der Waals surface area (Å²) in [6.45, 7) is 1.43. The number of nitrogens with one attached hydrogen (secondary N) is 4. The molecule has 0 aliphatic rings. The minimum atomic E-state index is -5.14. The fourth-order valence-electron chi connectivity index (χ4n) is 8.21. The van der Waals surface area contributed by atoms with E-state index in [0.717, 1.165) is 54.6 Å². The Bertz CT molecular complexity index is 5300. The predicted octanol–water partition coefficient (Wildman–Crippen LogP) is 9.07. The first-order chi connectivity index (χ1) is 41.6. The number of nitriles is 2. The zero-order valence-corrected chi connectivity index (χ0v) is 49.8. The quantitative estimate of drug-likeness (QED) is 0.0265. The molecule has 9 aromatic rings. The van der Waals surface area contributed by atoms with Crippen LogP contribution in [0.15, 0.2) is 171 Å². The number of azo groups is 2. The molecule has 3 aromatic heterocycles. The number of aromatic nitrogens is 4. The highest BCUT2D eigenvalue weighted by Crippen LogP contribution is 2.49. The molecule has 40 heteroatoms. The van der Waals surface area contributed by atoms with E-state index in [2.05, 4.69) is 61.7 Å². The SMILES string of the molecule is Cc1c(C#N)c(Nc2ccc(S(=O)(=O)O)cc2)nc(Nc2ccc(S(=O)(=O)O)cc2)c1N=Nc1sc(/N=N/c2cc(S(=O)(=O)O)c3cccc(S(=O)(=O)O)c3c2)c(-c2ccc(Nc3nc(N)nc(Nc4cc(S(=O)(=O)O)ccc4S(=O)(=O)O)n3)cc2)c1C#N. The Kier molecular flexibility index (Phi) is 17.1. The van der Waals surface area contributed by atoms with Crippen molar-refractivity contribution in [3.05, 3.63) is 138 Å². The molecule has 0 unspecified atom stereocenters. The molecule has 0 spiro atoms. The molecule has 12 N–H and O–H groups in total. The zero-order valence-electron chi connectivity index (χ0n) is 44.0. The first-order valence-corrected chi connectivity index (χ1v) is 33.4. The summed E-state index contributed by atoms with van der Waals surface area (Å²) in [4.78, 5) is 12.3. The third kappa shape index (κ3) is 14.4. The number of nitrogen functional groups attached to an aromatic ring is 1. The minimum absolute atomic E-state index is 0.0433. The molecule has 6 aromatic carbocycles. The lowest BCUT2D eigenvalue weighted by atomic mass is 10.0. The monoisotopic (exact) mass is 1350 g/mol. The van der Waals surface area contributed by atoms with Gasteiger partial charge in [0.15, 0.2) is 16.6 Å². The lowest BCUT2D eigenvalue weighted by Crippen LogP contribution is -2.10. The van der Waals surface area contributed by atoms with E-state index < -0.39 is 119 Å². The number of pyridine rings is 1. The largest absolute Gasteiger partial charge is 0.368 e. The summed E-state index contributed by atoms with van der Waals surface area (Å²) < 4.78 is 205. The van der Waals surface area contributed by atoms with Gasteiger partial charge in [0.05, 0.1) is 31.6 Å². The molecule has 0 aliphatic carbocycles. The third-order valence-electron chi connectivity index (χ3n) is 12.2. The van der Waals surface area contributed by atoms with Crippen LogP contribution in [0.2, 0.25) is 0 Å². The van der Waals surface area contributed by atoms with Gasteiger partial charge in [-0.05, 0) is 110 Å². The number of hydrogen-bond donors (Lipinski definition) is 11. The lowest BCUT2D eigenvalue weighted by Gasteiger charge is -2.16. The highest BCUT2D eigenvalue weighted by molar-refractivity contribution is 7.87. The summed E-state index contributed by atoms with van der Waals surface area (Å²) in [5.41, 5.74) is 4.95. The van der Waals surface area contributed by atoms with Gasteiger partial charge in [-0.15, -0.1) is 20.5 Å². The topological polar surface area (TPSA) is 549 Å². The first-order valence-electron chi connectivity index (χ1n) is 23.9. The average molecular weight is 1350 g/mol. The van der Waals surface area contributed by atoms with Crippen LogP contribution < -0.4 is 27.0 Å². The summed E-state index contributed by atoms with van der Waals surface area (Å²) in [6, 6.07) is 26.1. The van der Waals surface area contributed by atoms with E-state index in [-0.39, 0.29) is 83.5 Å². The van der Waals surface area contributed by atoms with Crippen LogP contribution in [-0.4, -0.2) is 97.8 Å². The van der Waals surface area contributed by atoms with Crippen molar-refractivity contribution in [2.45, 2.75) is 36.3 Å². The van der Waals surface area contributed by atoms with Crippen LogP contribution in [0.25, 0.3) is 21.9 Å². The summed E-state index contributed by atoms with van der Waals surface area (Å²) in [6.07, 6.45) is 0. The van der Waals surface area contributed by atoms with Gasteiger partial charge in [0.25, 0.3) is 60.7 Å². The molecular weight excluding hydrogens is 1310 g/mol. The maximum Gasteiger partial charge on any atom is 0.296 e. The Hall–Kier alpha value is -9.92. The van der Waals surface area contributed by atoms with Gasteiger partial charge in [0.1, 0.15) is 43.1 Å². The van der Waals surface area contributed by atoms with Crippen LogP contribution in [0.4, 0.5) is 73.6 Å². The van der Waals surface area contributed by atoms with E-state index in [4.69, 9.17) is 5.73 Å². The standard InChI is InChI=1S/C49H35N15O18S7/c1-24-35(22-50)43(53-26-9-13-30(14-10-26)84(65,66)67)57-44(54-27-11-15-31(16-12-27)85(68,69)70)42(24)62-63-45-36(23-51)41(46(83-45)64-61-29-19-34-33(40(20-29)89(80,81)82)3-2-4-38(34)87(74,75)76)25-5-7-28(8-6-25)55-48-58-47(52)59-49(60-48)56-37-21-32(86(71,72)73)17-18-39(37)88(77,78)79/h2-21H,1H3,(H2,53,54,57)(H,65,66,67)(H,68,69,70)(H,71,72,73)(H,74,75,76)(H,77,78,79)(H,80,81,82)(H4,52,55,56,58,59,60)/b63-62?,64-61+. The maximum absolute atomic E-state index is 12.7. The molecule has 0 radical (unpaired) electrons. The molecule has 89 heavy (non-hydrogen) atoms. The van der Waals surface area contributed by atoms with Gasteiger partial charge in [-0.1, -0.05) is 35.6 Å². The van der Waals surface area contributed by atoms with E-state index in [1.54, 1.807) is 0 Å². The lowest BCUT2D eigenvalue weighted by molar-refractivity contribution is 0.479. The van der Waals surface area contributed by atoms with Crippen molar-refractivity contribution in [1.29, 1.82) is 10.5 Å². The molecule has 9 rings (SSSR count). The predicted molar refractivity (Wildman–Crippen MR) is 316 cm³/mol. The summed E-state index contributed by atoms with van der Waals surface area (Å²) in [7, 11) is -29.4. The first kappa shape index (κ1) is 63.6. The van der Waals surface area contributed by atoms with Crippen LogP contribution in [0.3, 0.4) is 0 Å². The highest BCUT2D eigenvalue weighted by atomic mass is 32.2. The minimum Gasteiger partial charge on any atom is -0.368 e. The Balaban J connectivity index is 1.16. The van der Waals surface area contributed by atoms with Crippen molar-refractivity contribution < 1.29 is 77.8 Å². The smallest absolute Gasteiger partial charge is 0.296 e. The number of rotatable bonds is 19. The zero-order chi connectivity index (χ0) is 64.8. The van der Waals surface area contributed by atoms with E-state index in [1.165, 1.54) is 55.5 Å². The Labute approximate surface area is 506 Å². The molecular formula is C49H35N15O18S7. The Morgan fingerprint density at radius 1 is 0.472 bits per heavy atom. The van der Waals surface area contributed by atoms with E-state index in [1.807, 2.05) is 12.1 Å². The van der Waals surface area contributed by atoms with Crippen molar-refractivity contribution in [2.24, 2.45) is 20.5 Å². The van der Waals surface area contributed by atoms with Gasteiger partial charge >= 0.3 is 0 Å². The van der Waals surface area contributed by atoms with Gasteiger partial charge < -0.3 is 27.0 Å². The van der Waals surface area contributed by atoms with E-state index >= 15 is 0 Å². The third-order valence-corrected chi connectivity index (χ3v) is 18.4. The van der Waals surface area contributed by atoms with Crippen molar-refractivity contribution in [3.8, 4) is 23.3 Å². The second kappa shape index (κ2) is 24.0. The molecule has 456 valence electrons. The molecule has 33 nitrogen and oxygen atoms in total. The fraction of sp³-hybridized carbons (Fsp3) is 0.0204. The van der Waals surface area contributed by atoms with E-state index in [0.29, 0.717) is 29.5 Å². The van der Waals surface area contributed by atoms with Crippen LogP contribution in [0.5, 0.6) is 0 Å². The summed E-state index contributed by atoms with van der Waals surface area (Å²) in [5, 5.41) is 48.6. The van der Waals surface area contributed by atoms with Gasteiger partial charge in [0, 0.05) is 39.0 Å². The molecule has 0 amide bonds. The van der Waals surface area contributed by atoms with E-state index in [9.17, 15) is 88.3 Å². The van der Waals surface area contributed by atoms with Crippen LogP contribution >= 0.6 is 11.3 Å². The molecule has 3 heterocycles. The molecule has 0 atom stereocenters. The number of hydrogen-bond acceptors (Lipinski definition) is 28. The second-order valence-corrected chi connectivity index (χ2v) is 27.4. The van der Waals surface area contributed by atoms with Gasteiger partial charge in [-0.2, -0.15) is 76.0 Å². The number of nitrogens with zero attached hydrogens (tertiary/aromatic N) is 10. The summed E-state index contributed by atoms with van der Waals surface area (Å²) in [5.74, 6) is -1.64. The highest BCUT2D eigenvalue weighted by Gasteiger charge is 2.26. The van der Waals surface area contributed by atoms with Gasteiger partial charge in [0.2, 0.25) is 17.8 Å². The molecule has 0 bridgehead atoms. The number of benzene rings is 6. The van der Waals surface area contributed by atoms with Crippen LogP contribution in [0.1, 0.15) is 16.7 Å². The molecule has 0 saturated carbocycles. The molecule has 0 fully saturated rings. The number of anilines is 9.